The lowest BCUT2D eigenvalue weighted by Crippen LogP contribution is -2.28. The van der Waals surface area contributed by atoms with E-state index in [1.165, 1.54) is 23.9 Å². The van der Waals surface area contributed by atoms with Crippen LogP contribution in [0, 0.1) is 23.0 Å². The van der Waals surface area contributed by atoms with Gasteiger partial charge in [0, 0.05) is 17.7 Å². The summed E-state index contributed by atoms with van der Waals surface area (Å²) in [5, 5.41) is 9.78. The second kappa shape index (κ2) is 10.9. The largest absolute Gasteiger partial charge is 0.478 e. The zero-order valence-corrected chi connectivity index (χ0v) is 21.4. The molecule has 0 bridgehead atoms. The highest BCUT2D eigenvalue weighted by atomic mass is 32.2. The highest BCUT2D eigenvalue weighted by Gasteiger charge is 2.37. The van der Waals surface area contributed by atoms with Crippen LogP contribution in [0.5, 0.6) is 5.88 Å². The molecule has 0 aliphatic carbocycles. The molecular weight excluding hydrogens is 547 g/mol. The van der Waals surface area contributed by atoms with Gasteiger partial charge in [-0.1, -0.05) is 17.8 Å². The summed E-state index contributed by atoms with van der Waals surface area (Å²) in [6.07, 6.45) is -3.22. The summed E-state index contributed by atoms with van der Waals surface area (Å²) >= 11 is 2.32. The maximum Gasteiger partial charge on any atom is 0.417 e. The van der Waals surface area contributed by atoms with Crippen LogP contribution in [0.4, 0.5) is 22.0 Å². The van der Waals surface area contributed by atoms with Crippen molar-refractivity contribution >= 4 is 23.1 Å². The number of nitrogens with zero attached hydrogens (tertiary/aromatic N) is 4. The van der Waals surface area contributed by atoms with Crippen molar-refractivity contribution in [2.75, 3.05) is 12.9 Å². The molecule has 3 aromatic heterocycles. The minimum atomic E-state index is -4.99. The van der Waals surface area contributed by atoms with Gasteiger partial charge in [0.15, 0.2) is 5.16 Å². The Bertz CT molecular complexity index is 1610. The molecule has 0 unspecified atom stereocenters. The molecular formula is C25H17F5N4O2S2. The lowest BCUT2D eigenvalue weighted by Gasteiger charge is -2.17. The summed E-state index contributed by atoms with van der Waals surface area (Å²) in [6.45, 7) is 1.62. The van der Waals surface area contributed by atoms with E-state index in [1.54, 1.807) is 25.3 Å². The van der Waals surface area contributed by atoms with Crippen molar-refractivity contribution in [1.82, 2.24) is 14.5 Å². The molecule has 13 heteroatoms. The van der Waals surface area contributed by atoms with Gasteiger partial charge in [-0.2, -0.15) is 23.4 Å². The van der Waals surface area contributed by atoms with Gasteiger partial charge in [-0.25, -0.2) is 13.8 Å². The Hall–Kier alpha value is -3.76. The molecule has 0 aliphatic heterocycles. The summed E-state index contributed by atoms with van der Waals surface area (Å²) in [5.41, 5.74) is -3.66. The van der Waals surface area contributed by atoms with E-state index in [2.05, 4.69) is 9.97 Å². The Morgan fingerprint density at radius 3 is 2.47 bits per heavy atom. The first-order valence-electron chi connectivity index (χ1n) is 10.9. The molecule has 1 aromatic carbocycles. The van der Waals surface area contributed by atoms with Crippen LogP contribution < -0.4 is 10.3 Å². The molecule has 0 fully saturated rings. The van der Waals surface area contributed by atoms with Crippen LogP contribution in [0.25, 0.3) is 21.1 Å². The number of benzene rings is 1. The highest BCUT2D eigenvalue weighted by molar-refractivity contribution is 7.98. The van der Waals surface area contributed by atoms with Gasteiger partial charge in [-0.3, -0.25) is 4.79 Å². The molecule has 4 aromatic rings. The third-order valence-electron chi connectivity index (χ3n) is 5.33. The second-order valence-corrected chi connectivity index (χ2v) is 9.59. The van der Waals surface area contributed by atoms with Crippen molar-refractivity contribution in [2.24, 2.45) is 0 Å². The van der Waals surface area contributed by atoms with Crippen LogP contribution in [-0.2, 0) is 12.7 Å². The third kappa shape index (κ3) is 5.56. The Labute approximate surface area is 221 Å². The van der Waals surface area contributed by atoms with Crippen LogP contribution in [0.1, 0.15) is 23.6 Å². The summed E-state index contributed by atoms with van der Waals surface area (Å²) in [6, 6.07) is 9.37. The quantitative estimate of drug-likeness (QED) is 0.147. The monoisotopic (exact) mass is 564 g/mol. The van der Waals surface area contributed by atoms with Crippen LogP contribution in [0.2, 0.25) is 0 Å². The second-order valence-electron chi connectivity index (χ2n) is 7.73. The van der Waals surface area contributed by atoms with Gasteiger partial charge in [0.2, 0.25) is 5.88 Å². The number of alkyl halides is 3. The maximum atomic E-state index is 14.4. The lowest BCUT2D eigenvalue weighted by molar-refractivity contribution is -0.137. The fraction of sp³-hybridized carbons (Fsp3) is 0.200. The molecule has 0 aliphatic rings. The average molecular weight is 565 g/mol. The van der Waals surface area contributed by atoms with E-state index in [9.17, 15) is 32.0 Å². The summed E-state index contributed by atoms with van der Waals surface area (Å²) in [4.78, 5) is 22.6. The van der Waals surface area contributed by atoms with E-state index in [0.717, 1.165) is 28.0 Å². The van der Waals surface area contributed by atoms with E-state index >= 15 is 0 Å². The van der Waals surface area contributed by atoms with Crippen LogP contribution >= 0.6 is 23.1 Å². The smallest absolute Gasteiger partial charge is 0.417 e. The minimum Gasteiger partial charge on any atom is -0.478 e. The van der Waals surface area contributed by atoms with Crippen molar-refractivity contribution in [3.05, 3.63) is 81.1 Å². The number of ether oxygens (including phenoxy) is 1. The first kappa shape index (κ1) is 27.3. The molecule has 0 atom stereocenters. The summed E-state index contributed by atoms with van der Waals surface area (Å²) in [5.74, 6) is -1.52. The van der Waals surface area contributed by atoms with Gasteiger partial charge in [-0.05, 0) is 37.4 Å². The predicted octanol–water partition coefficient (Wildman–Crippen LogP) is 6.37. The van der Waals surface area contributed by atoms with E-state index in [4.69, 9.17) is 4.74 Å². The lowest BCUT2D eigenvalue weighted by atomic mass is 10.1. The van der Waals surface area contributed by atoms with Gasteiger partial charge in [-0.15, -0.1) is 11.3 Å². The highest BCUT2D eigenvalue weighted by Crippen LogP contribution is 2.38. The van der Waals surface area contributed by atoms with Gasteiger partial charge in [0.05, 0.1) is 39.9 Å². The molecule has 4 rings (SSSR count). The number of rotatable bonds is 7. The van der Waals surface area contributed by atoms with Crippen molar-refractivity contribution in [3.8, 4) is 33.1 Å². The fourth-order valence-electron chi connectivity index (χ4n) is 3.62. The van der Waals surface area contributed by atoms with Gasteiger partial charge in [0.25, 0.3) is 5.56 Å². The normalized spacial score (nSPS) is 11.4. The Morgan fingerprint density at radius 1 is 1.11 bits per heavy atom. The number of nitriles is 1. The van der Waals surface area contributed by atoms with Gasteiger partial charge in [0.1, 0.15) is 23.3 Å². The molecule has 0 saturated carbocycles. The molecule has 0 N–H and O–H groups in total. The van der Waals surface area contributed by atoms with Crippen molar-refractivity contribution in [2.45, 2.75) is 24.8 Å². The molecule has 3 heterocycles. The van der Waals surface area contributed by atoms with E-state index in [1.807, 2.05) is 0 Å². The predicted molar refractivity (Wildman–Crippen MR) is 133 cm³/mol. The first-order chi connectivity index (χ1) is 18.0. The SMILES string of the molecule is CCOc1cc(-c2ccc(-c3cc(C(F)(F)F)c(C#N)c(=O)n3Cc3ccc(F)cc3F)s2)nc(SC)n1. The fourth-order valence-corrected chi connectivity index (χ4v) is 4.98. The van der Waals surface area contributed by atoms with Crippen LogP contribution in [-0.4, -0.2) is 27.4 Å². The molecule has 0 amide bonds. The van der Waals surface area contributed by atoms with Crippen LogP contribution in [0.3, 0.4) is 0 Å². The standard InChI is InChI=1S/C25H17F5N4O2S2/c1-3-36-22-10-18(32-24(33-22)37-2)20-6-7-21(38-20)19-9-16(25(28,29)30)15(11-31)23(35)34(19)12-13-4-5-14(26)8-17(13)27/h4-10H,3,12H2,1-2H3. The average Bonchev–Trinajstić information content (AvgIpc) is 3.36. The summed E-state index contributed by atoms with van der Waals surface area (Å²) in [7, 11) is 0. The van der Waals surface area contributed by atoms with Crippen molar-refractivity contribution in [1.29, 1.82) is 5.26 Å². The first-order valence-corrected chi connectivity index (χ1v) is 12.9. The molecule has 0 saturated heterocycles. The van der Waals surface area contributed by atoms with Gasteiger partial charge >= 0.3 is 6.18 Å². The molecule has 0 spiro atoms. The molecule has 6 nitrogen and oxygen atoms in total. The number of thioether (sulfide) groups is 1. The van der Waals surface area contributed by atoms with Crippen molar-refractivity contribution in [3.63, 3.8) is 0 Å². The van der Waals surface area contributed by atoms with E-state index in [-0.39, 0.29) is 16.1 Å². The van der Waals surface area contributed by atoms with E-state index in [0.29, 0.717) is 40.3 Å². The molecule has 38 heavy (non-hydrogen) atoms. The number of hydrogen-bond acceptors (Lipinski definition) is 7. The molecule has 0 radical (unpaired) electrons. The number of halogens is 5. The number of thiophene rings is 1. The van der Waals surface area contributed by atoms with E-state index < -0.39 is 41.0 Å². The minimum absolute atomic E-state index is 0.142. The number of aromatic nitrogens is 3. The van der Waals surface area contributed by atoms with Gasteiger partial charge < -0.3 is 9.30 Å². The zero-order valence-electron chi connectivity index (χ0n) is 19.8. The third-order valence-corrected chi connectivity index (χ3v) is 7.01. The maximum absolute atomic E-state index is 14.4. The molecule has 196 valence electrons. The van der Waals surface area contributed by atoms with Crippen LogP contribution in [0.15, 0.2) is 52.4 Å². The topological polar surface area (TPSA) is 80.8 Å². The number of hydrogen-bond donors (Lipinski definition) is 0. The summed E-state index contributed by atoms with van der Waals surface area (Å²) < 4.78 is 75.6. The Kier molecular flexibility index (Phi) is 7.84. The Balaban J connectivity index is 1.91. The van der Waals surface area contributed by atoms with Crippen molar-refractivity contribution < 1.29 is 26.7 Å². The zero-order chi connectivity index (χ0) is 27.6. The Morgan fingerprint density at radius 2 is 1.84 bits per heavy atom. The number of pyridine rings is 1.